The molecule has 1 aromatic carbocycles. The highest BCUT2D eigenvalue weighted by Gasteiger charge is 2.30. The number of hydrogen-bond acceptors (Lipinski definition) is 4. The van der Waals surface area contributed by atoms with Crippen LogP contribution in [-0.4, -0.2) is 49.9 Å². The number of carbonyl (C=O) groups is 1. The Morgan fingerprint density at radius 2 is 2.18 bits per heavy atom. The van der Waals surface area contributed by atoms with E-state index in [1.807, 2.05) is 11.9 Å². The molecule has 0 unspecified atom stereocenters. The van der Waals surface area contributed by atoms with Crippen molar-refractivity contribution in [2.45, 2.75) is 18.9 Å². The van der Waals surface area contributed by atoms with Gasteiger partial charge in [0.2, 0.25) is 0 Å². The van der Waals surface area contributed by atoms with E-state index in [-0.39, 0.29) is 0 Å². The van der Waals surface area contributed by atoms with Crippen molar-refractivity contribution in [2.75, 3.05) is 33.9 Å². The lowest BCUT2D eigenvalue weighted by atomic mass is 9.97. The highest BCUT2D eigenvalue weighted by molar-refractivity contribution is 6.30. The van der Waals surface area contributed by atoms with Crippen molar-refractivity contribution in [3.8, 4) is 5.75 Å². The quantitative estimate of drug-likeness (QED) is 0.870. The van der Waals surface area contributed by atoms with Gasteiger partial charge in [0.1, 0.15) is 11.8 Å². The van der Waals surface area contributed by atoms with Gasteiger partial charge in [0, 0.05) is 30.3 Å². The number of ether oxygens (including phenoxy) is 2. The van der Waals surface area contributed by atoms with Gasteiger partial charge in [0.15, 0.2) is 0 Å². The van der Waals surface area contributed by atoms with E-state index < -0.39 is 12.0 Å². The smallest absolute Gasteiger partial charge is 0.325 e. The fourth-order valence-corrected chi connectivity index (χ4v) is 3.10. The Morgan fingerprint density at radius 3 is 2.77 bits per heavy atom. The molecule has 0 aromatic heterocycles. The van der Waals surface area contributed by atoms with Crippen LogP contribution in [0, 0.1) is 5.92 Å². The first kappa shape index (κ1) is 17.1. The predicted molar refractivity (Wildman–Crippen MR) is 84.6 cm³/mol. The third-order valence-electron chi connectivity index (χ3n) is 4.05. The van der Waals surface area contributed by atoms with E-state index in [0.717, 1.165) is 26.1 Å². The third kappa shape index (κ3) is 4.12. The molecule has 1 aromatic rings. The van der Waals surface area contributed by atoms with Gasteiger partial charge < -0.3 is 14.6 Å². The predicted octanol–water partition coefficient (Wildman–Crippen LogP) is 2.83. The van der Waals surface area contributed by atoms with Gasteiger partial charge in [-0.25, -0.2) is 0 Å². The van der Waals surface area contributed by atoms with Crippen molar-refractivity contribution in [1.29, 1.82) is 0 Å². The van der Waals surface area contributed by atoms with E-state index in [2.05, 4.69) is 0 Å². The summed E-state index contributed by atoms with van der Waals surface area (Å²) in [5, 5.41) is 10.2. The molecule has 1 atom stereocenters. The largest absolute Gasteiger partial charge is 0.496 e. The summed E-state index contributed by atoms with van der Waals surface area (Å²) in [6, 6.07) is 4.29. The minimum Gasteiger partial charge on any atom is -0.496 e. The summed E-state index contributed by atoms with van der Waals surface area (Å²) in [5.74, 6) is 0.0801. The van der Waals surface area contributed by atoms with Gasteiger partial charge >= 0.3 is 5.97 Å². The number of likely N-dealkylation sites (N-methyl/N-ethyl adjacent to an activating group) is 1. The third-order valence-corrected chi connectivity index (χ3v) is 4.28. The molecule has 2 rings (SSSR count). The molecule has 0 saturated carbocycles. The number of halogens is 1. The minimum absolute atomic E-state index is 0.450. The van der Waals surface area contributed by atoms with Crippen molar-refractivity contribution in [3.05, 3.63) is 28.8 Å². The molecule has 1 fully saturated rings. The Bertz CT molecular complexity index is 517. The van der Waals surface area contributed by atoms with E-state index in [9.17, 15) is 9.90 Å². The molecule has 5 nitrogen and oxygen atoms in total. The topological polar surface area (TPSA) is 59.0 Å². The van der Waals surface area contributed by atoms with Crippen LogP contribution < -0.4 is 4.74 Å². The monoisotopic (exact) mass is 327 g/mol. The molecule has 6 heteroatoms. The fourth-order valence-electron chi connectivity index (χ4n) is 2.92. The Balaban J connectivity index is 2.21. The second kappa shape index (κ2) is 7.81. The second-order valence-electron chi connectivity index (χ2n) is 5.62. The van der Waals surface area contributed by atoms with Crippen molar-refractivity contribution < 1.29 is 19.4 Å². The molecule has 0 spiro atoms. The maximum absolute atomic E-state index is 11.8. The zero-order valence-corrected chi connectivity index (χ0v) is 13.7. The molecular formula is C16H22ClNO4. The summed E-state index contributed by atoms with van der Waals surface area (Å²) >= 11 is 6.04. The van der Waals surface area contributed by atoms with Crippen LogP contribution >= 0.6 is 11.6 Å². The molecule has 1 aliphatic heterocycles. The Kier molecular flexibility index (Phi) is 6.06. The van der Waals surface area contributed by atoms with Gasteiger partial charge in [-0.2, -0.15) is 0 Å². The number of nitrogens with zero attached hydrogens (tertiary/aromatic N) is 1. The first-order chi connectivity index (χ1) is 10.5. The van der Waals surface area contributed by atoms with E-state index in [0.29, 0.717) is 28.8 Å². The summed E-state index contributed by atoms with van der Waals surface area (Å²) in [6.07, 6.45) is 1.92. The Morgan fingerprint density at radius 1 is 1.50 bits per heavy atom. The molecule has 1 aliphatic rings. The Hall–Kier alpha value is -1.30. The van der Waals surface area contributed by atoms with Crippen molar-refractivity contribution >= 4 is 17.6 Å². The van der Waals surface area contributed by atoms with Crippen LogP contribution in [0.1, 0.15) is 24.4 Å². The van der Waals surface area contributed by atoms with Crippen molar-refractivity contribution in [1.82, 2.24) is 4.90 Å². The summed E-state index contributed by atoms with van der Waals surface area (Å²) in [5.41, 5.74) is 0.581. The molecule has 0 bridgehead atoms. The summed E-state index contributed by atoms with van der Waals surface area (Å²) < 4.78 is 10.7. The average Bonchev–Trinajstić information content (AvgIpc) is 2.48. The summed E-state index contributed by atoms with van der Waals surface area (Å²) in [4.78, 5) is 13.7. The highest BCUT2D eigenvalue weighted by Crippen LogP contribution is 2.32. The zero-order chi connectivity index (χ0) is 16.1. The number of methoxy groups -OCH3 is 1. The molecule has 1 N–H and O–H groups in total. The highest BCUT2D eigenvalue weighted by atomic mass is 35.5. The van der Waals surface area contributed by atoms with E-state index in [4.69, 9.17) is 21.1 Å². The summed E-state index contributed by atoms with van der Waals surface area (Å²) in [7, 11) is 3.36. The van der Waals surface area contributed by atoms with Crippen molar-refractivity contribution in [2.24, 2.45) is 5.92 Å². The number of aliphatic carboxylic acids is 1. The Labute approximate surface area is 135 Å². The number of benzene rings is 1. The van der Waals surface area contributed by atoms with Gasteiger partial charge in [-0.3, -0.25) is 9.69 Å². The maximum atomic E-state index is 11.8. The van der Waals surface area contributed by atoms with Crippen LogP contribution in [0.15, 0.2) is 18.2 Å². The second-order valence-corrected chi connectivity index (χ2v) is 6.06. The van der Waals surface area contributed by atoms with Gasteiger partial charge in [-0.05, 0) is 44.0 Å². The molecule has 122 valence electrons. The van der Waals surface area contributed by atoms with Crippen LogP contribution in [0.3, 0.4) is 0 Å². The molecule has 0 radical (unpaired) electrons. The zero-order valence-electron chi connectivity index (χ0n) is 12.9. The lowest BCUT2D eigenvalue weighted by Crippen LogP contribution is -2.36. The number of rotatable bonds is 6. The SMILES string of the molecule is COc1ccc(Cl)cc1[C@H](C(=O)O)N(C)CC1CCOCC1. The lowest BCUT2D eigenvalue weighted by molar-refractivity contribution is -0.143. The van der Waals surface area contributed by atoms with E-state index in [1.165, 1.54) is 7.11 Å². The van der Waals surface area contributed by atoms with Crippen LogP contribution in [0.2, 0.25) is 5.02 Å². The van der Waals surface area contributed by atoms with Crippen LogP contribution in [-0.2, 0) is 9.53 Å². The fraction of sp³-hybridized carbons (Fsp3) is 0.562. The first-order valence-electron chi connectivity index (χ1n) is 7.37. The number of carboxylic acids is 1. The molecule has 0 aliphatic carbocycles. The van der Waals surface area contributed by atoms with Gasteiger partial charge in [-0.15, -0.1) is 0 Å². The standard InChI is InChI=1S/C16H22ClNO4/c1-18(10-11-5-7-22-8-6-11)15(16(19)20)13-9-12(17)3-4-14(13)21-2/h3-4,9,11,15H,5-8,10H2,1-2H3,(H,19,20)/t15-/m1/s1. The van der Waals surface area contributed by atoms with Crippen LogP contribution in [0.5, 0.6) is 5.75 Å². The van der Waals surface area contributed by atoms with Gasteiger partial charge in [0.05, 0.1) is 7.11 Å². The maximum Gasteiger partial charge on any atom is 0.325 e. The van der Waals surface area contributed by atoms with E-state index in [1.54, 1.807) is 18.2 Å². The molecule has 0 amide bonds. The summed E-state index contributed by atoms with van der Waals surface area (Å²) in [6.45, 7) is 2.20. The van der Waals surface area contributed by atoms with Gasteiger partial charge in [0.25, 0.3) is 0 Å². The number of hydrogen-bond donors (Lipinski definition) is 1. The molecular weight excluding hydrogens is 306 g/mol. The molecule has 22 heavy (non-hydrogen) atoms. The average molecular weight is 328 g/mol. The van der Waals surface area contributed by atoms with Gasteiger partial charge in [-0.1, -0.05) is 11.6 Å². The van der Waals surface area contributed by atoms with E-state index >= 15 is 0 Å². The number of carboxylic acid groups (broad SMARTS) is 1. The van der Waals surface area contributed by atoms with Crippen molar-refractivity contribution in [3.63, 3.8) is 0 Å². The first-order valence-corrected chi connectivity index (χ1v) is 7.75. The molecule has 1 heterocycles. The lowest BCUT2D eigenvalue weighted by Gasteiger charge is -2.31. The van der Waals surface area contributed by atoms with Crippen LogP contribution in [0.25, 0.3) is 0 Å². The van der Waals surface area contributed by atoms with Crippen LogP contribution in [0.4, 0.5) is 0 Å². The molecule has 1 saturated heterocycles. The minimum atomic E-state index is -0.907. The normalized spacial score (nSPS) is 17.5.